The molecular weight excluding hydrogens is 317 g/mol. The summed E-state index contributed by atoms with van der Waals surface area (Å²) in [6.07, 6.45) is 13.0. The quantitative estimate of drug-likeness (QED) is 0.235. The van der Waals surface area contributed by atoms with Gasteiger partial charge < -0.3 is 0 Å². The summed E-state index contributed by atoms with van der Waals surface area (Å²) in [4.78, 5) is 0. The molecule has 0 aromatic heterocycles. The van der Waals surface area contributed by atoms with Crippen molar-refractivity contribution in [3.8, 4) is 0 Å². The zero-order valence-corrected chi connectivity index (χ0v) is 14.3. The van der Waals surface area contributed by atoms with E-state index in [9.17, 15) is 21.6 Å². The zero-order chi connectivity index (χ0) is 16.9. The van der Waals surface area contributed by atoms with E-state index in [1.54, 1.807) is 0 Å². The third-order valence-corrected chi connectivity index (χ3v) is 4.56. The van der Waals surface area contributed by atoms with Gasteiger partial charge >= 0.3 is 15.6 Å². The van der Waals surface area contributed by atoms with E-state index < -0.39 is 15.6 Å². The Balaban J connectivity index is 3.31. The molecule has 0 atom stereocenters. The number of halogens is 3. The molecule has 0 N–H and O–H groups in total. The lowest BCUT2D eigenvalue weighted by molar-refractivity contribution is -0.0542. The zero-order valence-electron chi connectivity index (χ0n) is 13.5. The second-order valence-corrected chi connectivity index (χ2v) is 7.22. The summed E-state index contributed by atoms with van der Waals surface area (Å²) in [6.45, 7) is 1.81. The Morgan fingerprint density at radius 2 is 1.09 bits per heavy atom. The molecule has 0 fully saturated rings. The third-order valence-electron chi connectivity index (χ3n) is 3.52. The molecule has 134 valence electrons. The van der Waals surface area contributed by atoms with Gasteiger partial charge in [-0.3, -0.25) is 4.18 Å². The lowest BCUT2D eigenvalue weighted by Crippen LogP contribution is -2.25. The molecule has 0 aliphatic carbocycles. The van der Waals surface area contributed by atoms with Crippen molar-refractivity contribution < 1.29 is 25.8 Å². The van der Waals surface area contributed by atoms with Crippen LogP contribution in [0.4, 0.5) is 13.2 Å². The van der Waals surface area contributed by atoms with Gasteiger partial charge in [0.1, 0.15) is 0 Å². The molecule has 0 aromatic carbocycles. The van der Waals surface area contributed by atoms with Crippen LogP contribution in [0, 0.1) is 0 Å². The van der Waals surface area contributed by atoms with Gasteiger partial charge in [0.25, 0.3) is 0 Å². The first-order valence-electron chi connectivity index (χ1n) is 8.27. The maximum atomic E-state index is 12.0. The number of rotatable bonds is 14. The topological polar surface area (TPSA) is 43.4 Å². The molecule has 0 heterocycles. The molecule has 0 aliphatic heterocycles. The highest BCUT2D eigenvalue weighted by atomic mass is 32.2. The Morgan fingerprint density at radius 3 is 1.45 bits per heavy atom. The summed E-state index contributed by atoms with van der Waals surface area (Å²) < 4.78 is 61.0. The van der Waals surface area contributed by atoms with Crippen molar-refractivity contribution in [2.75, 3.05) is 6.61 Å². The van der Waals surface area contributed by atoms with Crippen LogP contribution in [0.25, 0.3) is 0 Å². The fraction of sp³-hybridized carbons (Fsp3) is 1.00. The van der Waals surface area contributed by atoms with Crippen molar-refractivity contribution in [1.82, 2.24) is 0 Å². The van der Waals surface area contributed by atoms with Gasteiger partial charge in [0, 0.05) is 0 Å². The van der Waals surface area contributed by atoms with E-state index in [1.807, 2.05) is 0 Å². The Kier molecular flexibility index (Phi) is 12.0. The smallest absolute Gasteiger partial charge is 0.263 e. The number of unbranched alkanes of at least 4 members (excludes halogenated alkanes) is 11. The predicted molar refractivity (Wildman–Crippen MR) is 82.0 cm³/mol. The van der Waals surface area contributed by atoms with E-state index in [-0.39, 0.29) is 6.61 Å². The summed E-state index contributed by atoms with van der Waals surface area (Å²) in [5.41, 5.74) is -5.32. The Hall–Kier alpha value is -0.300. The van der Waals surface area contributed by atoms with Crippen molar-refractivity contribution in [2.24, 2.45) is 0 Å². The van der Waals surface area contributed by atoms with Crippen molar-refractivity contribution in [3.05, 3.63) is 0 Å². The van der Waals surface area contributed by atoms with Gasteiger partial charge in [0.2, 0.25) is 0 Å². The van der Waals surface area contributed by atoms with Crippen LogP contribution in [0.5, 0.6) is 0 Å². The molecule has 0 spiro atoms. The maximum absolute atomic E-state index is 12.0. The molecule has 0 saturated heterocycles. The van der Waals surface area contributed by atoms with Gasteiger partial charge in [0.05, 0.1) is 6.61 Å². The highest BCUT2D eigenvalue weighted by Crippen LogP contribution is 2.24. The average molecular weight is 346 g/mol. The normalized spacial score (nSPS) is 12.7. The molecule has 0 aromatic rings. The van der Waals surface area contributed by atoms with Crippen LogP contribution in [0.3, 0.4) is 0 Å². The van der Waals surface area contributed by atoms with Crippen LogP contribution in [0.15, 0.2) is 0 Å². The first-order valence-corrected chi connectivity index (χ1v) is 9.68. The molecule has 0 radical (unpaired) electrons. The van der Waals surface area contributed by atoms with Crippen molar-refractivity contribution in [1.29, 1.82) is 0 Å². The van der Waals surface area contributed by atoms with Gasteiger partial charge in [-0.2, -0.15) is 21.6 Å². The fourth-order valence-corrected chi connectivity index (χ4v) is 2.65. The summed E-state index contributed by atoms with van der Waals surface area (Å²) in [5.74, 6) is 0. The van der Waals surface area contributed by atoms with E-state index in [0.29, 0.717) is 12.8 Å². The largest absolute Gasteiger partial charge is 0.523 e. The minimum absolute atomic E-state index is 0.340. The van der Waals surface area contributed by atoms with E-state index in [1.165, 1.54) is 44.9 Å². The SMILES string of the molecule is CCCCCCCCCCCCCCOS(=O)(=O)C(F)(F)F. The average Bonchev–Trinajstić information content (AvgIpc) is 2.42. The van der Waals surface area contributed by atoms with E-state index in [0.717, 1.165) is 19.3 Å². The second-order valence-electron chi connectivity index (χ2n) is 5.61. The maximum Gasteiger partial charge on any atom is 0.523 e. The van der Waals surface area contributed by atoms with Gasteiger partial charge in [-0.25, -0.2) is 0 Å². The van der Waals surface area contributed by atoms with Crippen LogP contribution >= 0.6 is 0 Å². The molecule has 0 unspecified atom stereocenters. The van der Waals surface area contributed by atoms with Gasteiger partial charge in [-0.15, -0.1) is 0 Å². The van der Waals surface area contributed by atoms with Crippen LogP contribution in [0.1, 0.15) is 84.0 Å². The predicted octanol–water partition coefficient (Wildman–Crippen LogP) is 5.55. The number of hydrogen-bond acceptors (Lipinski definition) is 3. The van der Waals surface area contributed by atoms with Crippen LogP contribution in [0.2, 0.25) is 0 Å². The van der Waals surface area contributed by atoms with Gasteiger partial charge in [-0.1, -0.05) is 77.6 Å². The summed E-state index contributed by atoms with van der Waals surface area (Å²) in [5, 5.41) is 0. The highest BCUT2D eigenvalue weighted by molar-refractivity contribution is 7.87. The molecule has 0 aliphatic rings. The minimum Gasteiger partial charge on any atom is -0.263 e. The summed E-state index contributed by atoms with van der Waals surface area (Å²) in [7, 11) is -5.41. The lowest BCUT2D eigenvalue weighted by atomic mass is 10.1. The second kappa shape index (κ2) is 12.2. The van der Waals surface area contributed by atoms with Crippen LogP contribution in [-0.2, 0) is 14.3 Å². The molecule has 7 heteroatoms. The lowest BCUT2D eigenvalue weighted by Gasteiger charge is -2.08. The summed E-state index contributed by atoms with van der Waals surface area (Å²) in [6, 6.07) is 0. The van der Waals surface area contributed by atoms with Crippen molar-refractivity contribution in [2.45, 2.75) is 89.5 Å². The minimum atomic E-state index is -5.41. The Labute approximate surface area is 132 Å². The highest BCUT2D eigenvalue weighted by Gasteiger charge is 2.47. The standard InChI is InChI=1S/C15H29F3O3S/c1-2-3-4-5-6-7-8-9-10-11-12-13-14-21-22(19,20)15(16,17)18/h2-14H2,1H3. The van der Waals surface area contributed by atoms with Crippen molar-refractivity contribution >= 4 is 10.1 Å². The molecule has 0 amide bonds. The van der Waals surface area contributed by atoms with E-state index >= 15 is 0 Å². The fourth-order valence-electron chi connectivity index (χ4n) is 2.18. The first-order chi connectivity index (χ1) is 10.3. The van der Waals surface area contributed by atoms with Crippen molar-refractivity contribution in [3.63, 3.8) is 0 Å². The molecule has 0 saturated carbocycles. The molecule has 0 rings (SSSR count). The van der Waals surface area contributed by atoms with Gasteiger partial charge in [-0.05, 0) is 6.42 Å². The number of hydrogen-bond donors (Lipinski definition) is 0. The van der Waals surface area contributed by atoms with Gasteiger partial charge in [0.15, 0.2) is 0 Å². The van der Waals surface area contributed by atoms with E-state index in [2.05, 4.69) is 11.1 Å². The van der Waals surface area contributed by atoms with Crippen LogP contribution < -0.4 is 0 Å². The summed E-state index contributed by atoms with van der Waals surface area (Å²) >= 11 is 0. The monoisotopic (exact) mass is 346 g/mol. The molecular formula is C15H29F3O3S. The third kappa shape index (κ3) is 11.3. The number of alkyl halides is 3. The van der Waals surface area contributed by atoms with E-state index in [4.69, 9.17) is 0 Å². The molecule has 0 bridgehead atoms. The Morgan fingerprint density at radius 1 is 0.727 bits per heavy atom. The molecule has 22 heavy (non-hydrogen) atoms. The Bertz CT molecular complexity index is 354. The first kappa shape index (κ1) is 21.7. The van der Waals surface area contributed by atoms with Crippen LogP contribution in [-0.4, -0.2) is 20.5 Å². The molecule has 3 nitrogen and oxygen atoms in total.